The fraction of sp³-hybridized carbons (Fsp3) is 0.162. The maximum absolute atomic E-state index is 12.7. The van der Waals surface area contributed by atoms with Crippen molar-refractivity contribution in [3.63, 3.8) is 0 Å². The highest BCUT2D eigenvalue weighted by molar-refractivity contribution is 5.97. The van der Waals surface area contributed by atoms with Crippen LogP contribution in [0.3, 0.4) is 0 Å². The molecule has 0 atom stereocenters. The summed E-state index contributed by atoms with van der Waals surface area (Å²) >= 11 is 0. The number of imidazole rings is 1. The number of fused-ring (bicyclic) bond motifs is 3. The van der Waals surface area contributed by atoms with Crippen LogP contribution in [-0.2, 0) is 6.54 Å². The molecule has 6 nitrogen and oxygen atoms in total. The summed E-state index contributed by atoms with van der Waals surface area (Å²) in [5.41, 5.74) is 8.88. The van der Waals surface area contributed by atoms with E-state index in [1.54, 1.807) is 0 Å². The third-order valence-electron chi connectivity index (χ3n) is 8.76. The zero-order valence-corrected chi connectivity index (χ0v) is 23.8. The number of aromatic nitrogens is 4. The number of nitrogens with zero attached hydrogens (tertiary/aromatic N) is 4. The summed E-state index contributed by atoms with van der Waals surface area (Å²) in [7, 11) is 0. The molecule has 0 radical (unpaired) electrons. The molecule has 7 aromatic rings. The van der Waals surface area contributed by atoms with E-state index in [0.29, 0.717) is 0 Å². The van der Waals surface area contributed by atoms with Crippen molar-refractivity contribution in [2.75, 3.05) is 13.1 Å². The summed E-state index contributed by atoms with van der Waals surface area (Å²) in [6.07, 6.45) is 1.92. The van der Waals surface area contributed by atoms with Crippen molar-refractivity contribution >= 4 is 32.8 Å². The fourth-order valence-corrected chi connectivity index (χ4v) is 6.54. The van der Waals surface area contributed by atoms with Crippen LogP contribution in [0.5, 0.6) is 0 Å². The van der Waals surface area contributed by atoms with Gasteiger partial charge in [-0.25, -0.2) is 14.8 Å². The number of rotatable bonds is 5. The number of aromatic amines is 1. The molecule has 0 aliphatic carbocycles. The van der Waals surface area contributed by atoms with Crippen LogP contribution < -0.4 is 5.69 Å². The van der Waals surface area contributed by atoms with Crippen molar-refractivity contribution < 1.29 is 0 Å². The Labute approximate surface area is 249 Å². The molecule has 1 aliphatic heterocycles. The van der Waals surface area contributed by atoms with E-state index in [9.17, 15) is 4.79 Å². The number of likely N-dealkylation sites (tertiary alicyclic amines) is 1. The molecule has 0 amide bonds. The van der Waals surface area contributed by atoms with Gasteiger partial charge in [0.1, 0.15) is 0 Å². The van der Waals surface area contributed by atoms with Crippen molar-refractivity contribution in [1.29, 1.82) is 0 Å². The number of piperidine rings is 1. The van der Waals surface area contributed by atoms with Gasteiger partial charge in [0.25, 0.3) is 0 Å². The Bertz CT molecular complexity index is 2140. The fourth-order valence-electron chi connectivity index (χ4n) is 6.54. The Balaban J connectivity index is 1.05. The second kappa shape index (κ2) is 10.6. The molecule has 5 aromatic carbocycles. The maximum atomic E-state index is 12.7. The zero-order chi connectivity index (χ0) is 28.8. The van der Waals surface area contributed by atoms with Gasteiger partial charge in [-0.2, -0.15) is 0 Å². The summed E-state index contributed by atoms with van der Waals surface area (Å²) in [5.74, 6) is 0. The standard InChI is InChI=1S/C37H31N5O/c43-37-40-31-12-6-7-13-34(31)42(37)30-18-20-41(21-19-30)24-25-14-16-27(17-15-25)36-35(26-8-2-1-3-9-26)38-32-22-28-10-4-5-11-29(28)23-33(32)39-36/h1-17,22-23,30H,18-21,24H2,(H,40,43). The molecule has 6 heteroatoms. The molecule has 43 heavy (non-hydrogen) atoms. The van der Waals surface area contributed by atoms with Crippen LogP contribution in [0, 0.1) is 0 Å². The second-order valence-corrected chi connectivity index (χ2v) is 11.5. The van der Waals surface area contributed by atoms with Gasteiger partial charge in [0, 0.05) is 36.8 Å². The Morgan fingerprint density at radius 1 is 0.674 bits per heavy atom. The van der Waals surface area contributed by atoms with E-state index >= 15 is 0 Å². The molecule has 1 N–H and O–H groups in total. The van der Waals surface area contributed by atoms with Gasteiger partial charge < -0.3 is 4.98 Å². The average Bonchev–Trinajstić information content (AvgIpc) is 3.40. The van der Waals surface area contributed by atoms with Crippen LogP contribution in [0.1, 0.15) is 24.4 Å². The number of benzene rings is 5. The molecule has 0 spiro atoms. The molecule has 3 heterocycles. The van der Waals surface area contributed by atoms with E-state index in [-0.39, 0.29) is 11.7 Å². The number of hydrogen-bond donors (Lipinski definition) is 1. The van der Waals surface area contributed by atoms with Gasteiger partial charge in [-0.15, -0.1) is 0 Å². The third kappa shape index (κ3) is 4.80. The first-order valence-corrected chi connectivity index (χ1v) is 15.0. The molecule has 0 bridgehead atoms. The van der Waals surface area contributed by atoms with Crippen LogP contribution >= 0.6 is 0 Å². The van der Waals surface area contributed by atoms with Crippen molar-refractivity contribution in [2.45, 2.75) is 25.4 Å². The Morgan fingerprint density at radius 3 is 1.93 bits per heavy atom. The van der Waals surface area contributed by atoms with Crippen molar-refractivity contribution in [3.05, 3.63) is 131 Å². The smallest absolute Gasteiger partial charge is 0.306 e. The quantitative estimate of drug-likeness (QED) is 0.220. The summed E-state index contributed by atoms with van der Waals surface area (Å²) in [6.45, 7) is 2.80. The predicted octanol–water partition coefficient (Wildman–Crippen LogP) is 7.60. The lowest BCUT2D eigenvalue weighted by Crippen LogP contribution is -2.36. The zero-order valence-electron chi connectivity index (χ0n) is 23.8. The lowest BCUT2D eigenvalue weighted by molar-refractivity contribution is 0.180. The number of para-hydroxylation sites is 2. The predicted molar refractivity (Wildman–Crippen MR) is 174 cm³/mol. The summed E-state index contributed by atoms with van der Waals surface area (Å²) in [4.78, 5) is 28.5. The highest BCUT2D eigenvalue weighted by Crippen LogP contribution is 2.33. The molecule has 1 saturated heterocycles. The first-order chi connectivity index (χ1) is 21.2. The van der Waals surface area contributed by atoms with Gasteiger partial charge in [0.05, 0.1) is 33.5 Å². The molecule has 0 unspecified atom stereocenters. The van der Waals surface area contributed by atoms with Crippen LogP contribution in [0.25, 0.3) is 55.4 Å². The lowest BCUT2D eigenvalue weighted by Gasteiger charge is -2.32. The molecule has 8 rings (SSSR count). The van der Waals surface area contributed by atoms with Crippen LogP contribution in [0.15, 0.2) is 120 Å². The maximum Gasteiger partial charge on any atom is 0.326 e. The summed E-state index contributed by atoms with van der Waals surface area (Å²) in [6, 6.07) is 39.9. The summed E-state index contributed by atoms with van der Waals surface area (Å²) in [5, 5.41) is 2.33. The topological polar surface area (TPSA) is 66.8 Å². The Morgan fingerprint density at radius 2 is 1.26 bits per heavy atom. The van der Waals surface area contributed by atoms with E-state index in [1.807, 2.05) is 47.0 Å². The van der Waals surface area contributed by atoms with Gasteiger partial charge in [0.2, 0.25) is 0 Å². The number of nitrogens with one attached hydrogen (secondary N) is 1. The van der Waals surface area contributed by atoms with Gasteiger partial charge in [0.15, 0.2) is 0 Å². The minimum atomic E-state index is -0.00455. The third-order valence-corrected chi connectivity index (χ3v) is 8.76. The van der Waals surface area contributed by atoms with Gasteiger partial charge in [-0.3, -0.25) is 9.47 Å². The molecule has 2 aromatic heterocycles. The SMILES string of the molecule is O=c1[nH]c2ccccc2n1C1CCN(Cc2ccc(-c3nc4cc5ccccc5cc4nc3-c3ccccc3)cc2)CC1. The Hall–Kier alpha value is -5.07. The minimum absolute atomic E-state index is 0.00455. The highest BCUT2D eigenvalue weighted by Gasteiger charge is 2.23. The van der Waals surface area contributed by atoms with E-state index < -0.39 is 0 Å². The largest absolute Gasteiger partial charge is 0.326 e. The monoisotopic (exact) mass is 561 g/mol. The van der Waals surface area contributed by atoms with Gasteiger partial charge in [-0.05, 0) is 53.4 Å². The van der Waals surface area contributed by atoms with Gasteiger partial charge in [-0.1, -0.05) is 91.0 Å². The number of H-pyrrole nitrogens is 1. The average molecular weight is 562 g/mol. The first kappa shape index (κ1) is 25.6. The molecule has 1 aliphatic rings. The van der Waals surface area contributed by atoms with Crippen LogP contribution in [-0.4, -0.2) is 37.5 Å². The normalized spacial score (nSPS) is 14.6. The van der Waals surface area contributed by atoms with Gasteiger partial charge >= 0.3 is 5.69 Å². The van der Waals surface area contributed by atoms with Crippen molar-refractivity contribution in [2.24, 2.45) is 0 Å². The van der Waals surface area contributed by atoms with Crippen molar-refractivity contribution in [1.82, 2.24) is 24.4 Å². The van der Waals surface area contributed by atoms with Crippen molar-refractivity contribution in [3.8, 4) is 22.5 Å². The highest BCUT2D eigenvalue weighted by atomic mass is 16.1. The first-order valence-electron chi connectivity index (χ1n) is 15.0. The summed E-state index contributed by atoms with van der Waals surface area (Å²) < 4.78 is 1.96. The molecule has 1 fully saturated rings. The van der Waals surface area contributed by atoms with E-state index in [0.717, 1.165) is 87.8 Å². The van der Waals surface area contributed by atoms with E-state index in [1.165, 1.54) is 5.56 Å². The second-order valence-electron chi connectivity index (χ2n) is 11.5. The lowest BCUT2D eigenvalue weighted by atomic mass is 10.0. The minimum Gasteiger partial charge on any atom is -0.306 e. The molecular weight excluding hydrogens is 530 g/mol. The number of hydrogen-bond acceptors (Lipinski definition) is 4. The Kier molecular flexibility index (Phi) is 6.34. The van der Waals surface area contributed by atoms with Crippen LogP contribution in [0.4, 0.5) is 0 Å². The van der Waals surface area contributed by atoms with E-state index in [2.05, 4.69) is 82.7 Å². The molecular formula is C37H31N5O. The van der Waals surface area contributed by atoms with E-state index in [4.69, 9.17) is 9.97 Å². The molecule has 0 saturated carbocycles. The van der Waals surface area contributed by atoms with Crippen LogP contribution in [0.2, 0.25) is 0 Å². The molecule has 210 valence electrons.